The van der Waals surface area contributed by atoms with Crippen LogP contribution in [0.5, 0.6) is 23.0 Å². The van der Waals surface area contributed by atoms with E-state index in [2.05, 4.69) is 17.2 Å². The average Bonchev–Trinajstić information content (AvgIpc) is 3.02. The van der Waals surface area contributed by atoms with Gasteiger partial charge in [0.15, 0.2) is 40.2 Å². The van der Waals surface area contributed by atoms with E-state index in [0.29, 0.717) is 5.56 Å². The predicted octanol–water partition coefficient (Wildman–Crippen LogP) is 4.68. The highest BCUT2D eigenvalue weighted by atomic mass is 32.1. The highest BCUT2D eigenvalue weighted by Gasteiger charge is 2.55. The van der Waals surface area contributed by atoms with Gasteiger partial charge in [0.1, 0.15) is 5.75 Å². The summed E-state index contributed by atoms with van der Waals surface area (Å²) in [5, 5.41) is 22.0. The molecule has 0 aromatic heterocycles. The number of nitrogens with zero attached hydrogens (tertiary/aromatic N) is 1. The van der Waals surface area contributed by atoms with Crippen LogP contribution in [-0.2, 0) is 10.3 Å². The monoisotopic (exact) mass is 425 g/mol. The van der Waals surface area contributed by atoms with E-state index in [-0.39, 0.29) is 33.9 Å². The zero-order chi connectivity index (χ0) is 21.2. The number of rotatable bonds is 1. The summed E-state index contributed by atoms with van der Waals surface area (Å²) in [5.41, 5.74) is -1.67. The van der Waals surface area contributed by atoms with Gasteiger partial charge in [-0.2, -0.15) is 4.99 Å². The maximum Gasteiger partial charge on any atom is 0.340 e. The van der Waals surface area contributed by atoms with E-state index in [9.17, 15) is 23.8 Å². The molecule has 2 N–H and O–H groups in total. The first-order chi connectivity index (χ1) is 14.4. The van der Waals surface area contributed by atoms with Gasteiger partial charge in [0, 0.05) is 11.6 Å². The van der Waals surface area contributed by atoms with Gasteiger partial charge >= 0.3 is 5.97 Å². The van der Waals surface area contributed by atoms with Gasteiger partial charge in [-0.25, -0.2) is 13.6 Å². The zero-order valence-electron chi connectivity index (χ0n) is 14.8. The Hall–Kier alpha value is -3.81. The minimum atomic E-state index is -1.80. The molecule has 1 unspecified atom stereocenters. The molecular weight excluding hydrogens is 416 g/mol. The number of halogens is 2. The normalized spacial score (nSPS) is 18.0. The number of isothiocyanates is 1. The average molecular weight is 425 g/mol. The molecule has 9 heteroatoms. The van der Waals surface area contributed by atoms with Crippen molar-refractivity contribution in [3.05, 3.63) is 76.4 Å². The molecule has 3 aromatic rings. The number of phenolic OH excluding ortho intramolecular Hbond substituents is 2. The van der Waals surface area contributed by atoms with Gasteiger partial charge < -0.3 is 19.7 Å². The second kappa shape index (κ2) is 6.09. The SMILES string of the molecule is O=C1OC2(c3cc(F)c(O)cc3Oc3c2cc(F)c(O)c3N=C=S)c2ccccc21. The number of carbonyl (C=O) groups excluding carboxylic acids is 1. The minimum Gasteiger partial charge on any atom is -0.505 e. The van der Waals surface area contributed by atoms with Crippen molar-refractivity contribution in [2.24, 2.45) is 4.99 Å². The number of carbonyl (C=O) groups is 1. The van der Waals surface area contributed by atoms with Crippen molar-refractivity contribution >= 4 is 29.0 Å². The summed E-state index contributed by atoms with van der Waals surface area (Å²) < 4.78 is 40.4. The molecule has 148 valence electrons. The molecule has 6 nitrogen and oxygen atoms in total. The number of phenols is 2. The van der Waals surface area contributed by atoms with E-state index >= 15 is 0 Å². The fraction of sp³-hybridized carbons (Fsp3) is 0.0476. The van der Waals surface area contributed by atoms with Gasteiger partial charge in [0.05, 0.1) is 21.9 Å². The summed E-state index contributed by atoms with van der Waals surface area (Å²) in [4.78, 5) is 16.4. The first-order valence-corrected chi connectivity index (χ1v) is 8.96. The Morgan fingerprint density at radius 3 is 2.53 bits per heavy atom. The Bertz CT molecular complexity index is 1340. The van der Waals surface area contributed by atoms with E-state index < -0.39 is 34.7 Å². The van der Waals surface area contributed by atoms with Crippen LogP contribution in [-0.4, -0.2) is 21.3 Å². The van der Waals surface area contributed by atoms with Crippen LogP contribution < -0.4 is 4.74 Å². The Morgan fingerprint density at radius 1 is 1.03 bits per heavy atom. The third-order valence-electron chi connectivity index (χ3n) is 5.13. The van der Waals surface area contributed by atoms with Crippen LogP contribution in [0.25, 0.3) is 0 Å². The third-order valence-corrected chi connectivity index (χ3v) is 5.22. The van der Waals surface area contributed by atoms with Crippen LogP contribution in [0.15, 0.2) is 47.5 Å². The van der Waals surface area contributed by atoms with E-state index in [1.165, 1.54) is 6.07 Å². The number of fused-ring (bicyclic) bond motifs is 6. The van der Waals surface area contributed by atoms with E-state index in [1.54, 1.807) is 18.2 Å². The van der Waals surface area contributed by atoms with Gasteiger partial charge in [-0.1, -0.05) is 18.2 Å². The van der Waals surface area contributed by atoms with Crippen molar-refractivity contribution < 1.29 is 33.3 Å². The molecule has 0 saturated carbocycles. The molecule has 0 saturated heterocycles. The molecule has 0 aliphatic carbocycles. The zero-order valence-corrected chi connectivity index (χ0v) is 15.6. The van der Waals surface area contributed by atoms with Crippen molar-refractivity contribution in [3.8, 4) is 23.0 Å². The molecule has 0 fully saturated rings. The van der Waals surface area contributed by atoms with Crippen molar-refractivity contribution in [2.45, 2.75) is 5.60 Å². The highest BCUT2D eigenvalue weighted by molar-refractivity contribution is 7.78. The Labute approximate surface area is 172 Å². The predicted molar refractivity (Wildman–Crippen MR) is 103 cm³/mol. The van der Waals surface area contributed by atoms with E-state index in [0.717, 1.165) is 18.2 Å². The molecule has 5 rings (SSSR count). The first kappa shape index (κ1) is 18.2. The third kappa shape index (κ3) is 2.18. The number of thiocarbonyl (C=S) groups is 1. The molecule has 2 aliphatic rings. The molecule has 3 aromatic carbocycles. The van der Waals surface area contributed by atoms with Crippen LogP contribution in [0.4, 0.5) is 14.5 Å². The van der Waals surface area contributed by atoms with Gasteiger partial charge in [-0.15, -0.1) is 0 Å². The molecule has 2 aliphatic heterocycles. The topological polar surface area (TPSA) is 88.4 Å². The van der Waals surface area contributed by atoms with Crippen molar-refractivity contribution in [1.82, 2.24) is 0 Å². The number of hydrogen-bond acceptors (Lipinski definition) is 7. The van der Waals surface area contributed by atoms with Crippen LogP contribution in [0.2, 0.25) is 0 Å². The Kier molecular flexibility index (Phi) is 3.70. The maximum absolute atomic E-state index is 14.6. The number of aromatic hydroxyl groups is 2. The van der Waals surface area contributed by atoms with Gasteiger partial charge in [0.2, 0.25) is 0 Å². The summed E-state index contributed by atoms with van der Waals surface area (Å²) in [6.45, 7) is 0. The van der Waals surface area contributed by atoms with Crippen LogP contribution in [0.1, 0.15) is 27.0 Å². The summed E-state index contributed by atoms with van der Waals surface area (Å²) >= 11 is 4.59. The first-order valence-electron chi connectivity index (χ1n) is 8.56. The Balaban J connectivity index is 1.98. The molecule has 2 heterocycles. The largest absolute Gasteiger partial charge is 0.505 e. The van der Waals surface area contributed by atoms with E-state index in [4.69, 9.17) is 9.47 Å². The van der Waals surface area contributed by atoms with Crippen molar-refractivity contribution in [3.63, 3.8) is 0 Å². The van der Waals surface area contributed by atoms with Crippen molar-refractivity contribution in [1.29, 1.82) is 0 Å². The van der Waals surface area contributed by atoms with Gasteiger partial charge in [-0.3, -0.25) is 0 Å². The molecule has 30 heavy (non-hydrogen) atoms. The molecule has 0 bridgehead atoms. The molecule has 0 amide bonds. The fourth-order valence-corrected chi connectivity index (χ4v) is 3.99. The van der Waals surface area contributed by atoms with Crippen molar-refractivity contribution in [2.75, 3.05) is 0 Å². The smallest absolute Gasteiger partial charge is 0.340 e. The Morgan fingerprint density at radius 2 is 1.77 bits per heavy atom. The molecule has 0 radical (unpaired) electrons. The summed E-state index contributed by atoms with van der Waals surface area (Å²) in [6.07, 6.45) is 0. The standard InChI is InChI=1S/C21H9F2NO5S/c22-13-5-11-16(7-15(13)25)28-19-12(6-14(23)18(26)17(19)24-8-30)21(11)10-4-2-1-3-9(10)20(27)29-21/h1-7,25-26H. The van der Waals surface area contributed by atoms with E-state index in [1.807, 2.05) is 5.16 Å². The minimum absolute atomic E-state index is 0.0299. The lowest BCUT2D eigenvalue weighted by molar-refractivity contribution is 0.0222. The second-order valence-electron chi connectivity index (χ2n) is 6.65. The second-order valence-corrected chi connectivity index (χ2v) is 6.84. The molecule has 1 atom stereocenters. The lowest BCUT2D eigenvalue weighted by Crippen LogP contribution is -2.33. The summed E-state index contributed by atoms with van der Waals surface area (Å²) in [7, 11) is 0. The quantitative estimate of drug-likeness (QED) is 0.334. The highest BCUT2D eigenvalue weighted by Crippen LogP contribution is 2.60. The number of ether oxygens (including phenoxy) is 2. The molecule has 1 spiro atoms. The van der Waals surface area contributed by atoms with Crippen LogP contribution in [0.3, 0.4) is 0 Å². The molecular formula is C21H9F2NO5S. The van der Waals surface area contributed by atoms with Crippen LogP contribution in [0, 0.1) is 11.6 Å². The van der Waals surface area contributed by atoms with Gasteiger partial charge in [0.25, 0.3) is 0 Å². The summed E-state index contributed by atoms with van der Waals surface area (Å²) in [5.74, 6) is -4.59. The van der Waals surface area contributed by atoms with Crippen LogP contribution >= 0.6 is 12.2 Å². The lowest BCUT2D eigenvalue weighted by Gasteiger charge is -2.37. The number of esters is 1. The number of hydrogen-bond donors (Lipinski definition) is 2. The fourth-order valence-electron chi connectivity index (χ4n) is 3.90. The number of benzene rings is 3. The lowest BCUT2D eigenvalue weighted by atomic mass is 9.77. The number of aliphatic imine (C=N–C) groups is 1. The summed E-state index contributed by atoms with van der Waals surface area (Å²) in [6, 6.07) is 9.24. The van der Waals surface area contributed by atoms with Gasteiger partial charge in [-0.05, 0) is 30.4 Å². The maximum atomic E-state index is 14.6.